The lowest BCUT2D eigenvalue weighted by Crippen LogP contribution is -2.28. The topological polar surface area (TPSA) is 53.4 Å². The quantitative estimate of drug-likeness (QED) is 0.590. The van der Waals surface area contributed by atoms with Crippen molar-refractivity contribution in [3.05, 3.63) is 71.4 Å². The van der Waals surface area contributed by atoms with Gasteiger partial charge in [-0.05, 0) is 30.3 Å². The number of benzene rings is 2. The van der Waals surface area contributed by atoms with Crippen molar-refractivity contribution in [3.63, 3.8) is 0 Å². The molecule has 1 amide bonds. The molecule has 0 unspecified atom stereocenters. The van der Waals surface area contributed by atoms with Gasteiger partial charge in [0.05, 0.1) is 23.3 Å². The molecule has 3 aromatic rings. The Hall–Kier alpha value is -2.43. The van der Waals surface area contributed by atoms with Crippen molar-refractivity contribution < 1.29 is 10.0 Å². The van der Waals surface area contributed by atoms with Crippen LogP contribution in [0.4, 0.5) is 5.69 Å². The van der Waals surface area contributed by atoms with Gasteiger partial charge >= 0.3 is 0 Å². The molecule has 0 fully saturated rings. The monoisotopic (exact) mass is 312 g/mol. The van der Waals surface area contributed by atoms with E-state index in [9.17, 15) is 10.0 Å². The van der Waals surface area contributed by atoms with Crippen molar-refractivity contribution in [3.8, 4) is 0 Å². The number of pyridine rings is 1. The number of nitrogens with zero attached hydrogens (tertiary/aromatic N) is 2. The van der Waals surface area contributed by atoms with E-state index in [1.54, 1.807) is 24.3 Å². The van der Waals surface area contributed by atoms with Gasteiger partial charge in [0.1, 0.15) is 0 Å². The van der Waals surface area contributed by atoms with E-state index >= 15 is 0 Å². The van der Waals surface area contributed by atoms with Crippen LogP contribution < -0.4 is 5.06 Å². The molecule has 1 N–H and O–H groups in total. The summed E-state index contributed by atoms with van der Waals surface area (Å²) in [6.07, 6.45) is 0.00779. The third-order valence-corrected chi connectivity index (χ3v) is 3.51. The predicted molar refractivity (Wildman–Crippen MR) is 86.2 cm³/mol. The molecule has 22 heavy (non-hydrogen) atoms. The van der Waals surface area contributed by atoms with Gasteiger partial charge in [0.15, 0.2) is 0 Å². The van der Waals surface area contributed by atoms with Crippen LogP contribution in [0.2, 0.25) is 5.02 Å². The first-order chi connectivity index (χ1) is 10.6. The van der Waals surface area contributed by atoms with E-state index in [-0.39, 0.29) is 6.42 Å². The second kappa shape index (κ2) is 6.13. The number of para-hydroxylation sites is 1. The van der Waals surface area contributed by atoms with E-state index in [1.165, 1.54) is 6.07 Å². The Kier molecular flexibility index (Phi) is 4.04. The molecule has 0 saturated carbocycles. The average molecular weight is 313 g/mol. The second-order valence-electron chi connectivity index (χ2n) is 4.86. The number of carbonyl (C=O) groups excluding carboxylic acids is 1. The number of rotatable bonds is 3. The molecule has 3 rings (SSSR count). The molecule has 4 nitrogen and oxygen atoms in total. The van der Waals surface area contributed by atoms with Crippen molar-refractivity contribution in [2.45, 2.75) is 6.42 Å². The van der Waals surface area contributed by atoms with Crippen molar-refractivity contribution in [2.24, 2.45) is 0 Å². The van der Waals surface area contributed by atoms with Crippen LogP contribution in [0, 0.1) is 0 Å². The molecule has 0 aliphatic rings. The lowest BCUT2D eigenvalue weighted by molar-refractivity contribution is -0.123. The van der Waals surface area contributed by atoms with Gasteiger partial charge in [-0.2, -0.15) is 5.06 Å². The van der Waals surface area contributed by atoms with E-state index < -0.39 is 5.91 Å². The van der Waals surface area contributed by atoms with Crippen molar-refractivity contribution in [2.75, 3.05) is 5.06 Å². The summed E-state index contributed by atoms with van der Waals surface area (Å²) < 4.78 is 0. The van der Waals surface area contributed by atoms with Gasteiger partial charge in [0.25, 0.3) is 5.91 Å². The van der Waals surface area contributed by atoms with Crippen LogP contribution >= 0.6 is 11.6 Å². The zero-order chi connectivity index (χ0) is 15.5. The van der Waals surface area contributed by atoms with E-state index in [1.807, 2.05) is 30.3 Å². The lowest BCUT2D eigenvalue weighted by Gasteiger charge is -2.15. The standard InChI is InChI=1S/C17H13ClN2O2/c18-13-5-3-6-15(10-13)20(22)17(21)11-14-9-8-12-4-1-2-7-16(12)19-14/h1-10,22H,11H2. The summed E-state index contributed by atoms with van der Waals surface area (Å²) in [5, 5.41) is 12.0. The fourth-order valence-corrected chi connectivity index (χ4v) is 2.37. The number of amides is 1. The zero-order valence-corrected chi connectivity index (χ0v) is 12.4. The smallest absolute Gasteiger partial charge is 0.256 e. The van der Waals surface area contributed by atoms with Crippen LogP contribution in [0.3, 0.4) is 0 Å². The molecule has 0 bridgehead atoms. The fraction of sp³-hybridized carbons (Fsp3) is 0.0588. The SMILES string of the molecule is O=C(Cc1ccc2ccccc2n1)N(O)c1cccc(Cl)c1. The number of hydrogen-bond donors (Lipinski definition) is 1. The Morgan fingerprint density at radius 2 is 1.91 bits per heavy atom. The summed E-state index contributed by atoms with van der Waals surface area (Å²) in [4.78, 5) is 16.6. The van der Waals surface area contributed by atoms with Gasteiger partial charge in [-0.1, -0.05) is 41.9 Å². The number of anilines is 1. The minimum atomic E-state index is -0.468. The molecule has 0 aliphatic heterocycles. The summed E-state index contributed by atoms with van der Waals surface area (Å²) in [6, 6.07) is 17.8. The number of hydroxylamine groups is 1. The molecule has 110 valence electrons. The highest BCUT2D eigenvalue weighted by Crippen LogP contribution is 2.19. The second-order valence-corrected chi connectivity index (χ2v) is 5.29. The Morgan fingerprint density at radius 3 is 2.73 bits per heavy atom. The summed E-state index contributed by atoms with van der Waals surface area (Å²) >= 11 is 5.86. The molecule has 0 aliphatic carbocycles. The van der Waals surface area contributed by atoms with E-state index in [0.29, 0.717) is 21.5 Å². The third-order valence-electron chi connectivity index (χ3n) is 3.28. The Bertz CT molecular complexity index is 836. The van der Waals surface area contributed by atoms with Gasteiger partial charge in [0, 0.05) is 10.4 Å². The number of fused-ring (bicyclic) bond motifs is 1. The first-order valence-corrected chi connectivity index (χ1v) is 7.13. The van der Waals surface area contributed by atoms with Crippen LogP contribution in [0.25, 0.3) is 10.9 Å². The molecular weight excluding hydrogens is 300 g/mol. The molecule has 0 radical (unpaired) electrons. The highest BCUT2D eigenvalue weighted by atomic mass is 35.5. The molecule has 1 aromatic heterocycles. The van der Waals surface area contributed by atoms with Crippen molar-refractivity contribution in [1.82, 2.24) is 4.98 Å². The van der Waals surface area contributed by atoms with Crippen LogP contribution in [0.1, 0.15) is 5.69 Å². The van der Waals surface area contributed by atoms with Crippen molar-refractivity contribution >= 4 is 34.1 Å². The molecule has 2 aromatic carbocycles. The molecule has 1 heterocycles. The van der Waals surface area contributed by atoms with Gasteiger partial charge in [0.2, 0.25) is 0 Å². The first-order valence-electron chi connectivity index (χ1n) is 6.75. The van der Waals surface area contributed by atoms with E-state index in [0.717, 1.165) is 10.9 Å². The molecule has 0 atom stereocenters. The van der Waals surface area contributed by atoms with E-state index in [4.69, 9.17) is 11.6 Å². The lowest BCUT2D eigenvalue weighted by atomic mass is 10.1. The number of aromatic nitrogens is 1. The molecular formula is C17H13ClN2O2. The molecule has 0 saturated heterocycles. The maximum atomic E-state index is 12.2. The van der Waals surface area contributed by atoms with E-state index in [2.05, 4.69) is 4.98 Å². The summed E-state index contributed by atoms with van der Waals surface area (Å²) in [6.45, 7) is 0. The van der Waals surface area contributed by atoms with Gasteiger partial charge in [-0.25, -0.2) is 0 Å². The average Bonchev–Trinajstić information content (AvgIpc) is 2.54. The highest BCUT2D eigenvalue weighted by Gasteiger charge is 2.15. The molecule has 0 spiro atoms. The summed E-state index contributed by atoms with van der Waals surface area (Å²) in [7, 11) is 0. The number of hydrogen-bond acceptors (Lipinski definition) is 3. The summed E-state index contributed by atoms with van der Waals surface area (Å²) in [5.74, 6) is -0.468. The Morgan fingerprint density at radius 1 is 1.09 bits per heavy atom. The fourth-order valence-electron chi connectivity index (χ4n) is 2.19. The summed E-state index contributed by atoms with van der Waals surface area (Å²) in [5.41, 5.74) is 1.75. The third kappa shape index (κ3) is 3.08. The maximum Gasteiger partial charge on any atom is 0.256 e. The number of carbonyl (C=O) groups is 1. The maximum absolute atomic E-state index is 12.2. The number of halogens is 1. The zero-order valence-electron chi connectivity index (χ0n) is 11.6. The normalized spacial score (nSPS) is 10.6. The van der Waals surface area contributed by atoms with Gasteiger partial charge in [-0.15, -0.1) is 0 Å². The minimum Gasteiger partial charge on any atom is -0.281 e. The van der Waals surface area contributed by atoms with Crippen LogP contribution in [0.5, 0.6) is 0 Å². The largest absolute Gasteiger partial charge is 0.281 e. The first kappa shape index (κ1) is 14.5. The van der Waals surface area contributed by atoms with Crippen molar-refractivity contribution in [1.29, 1.82) is 0 Å². The minimum absolute atomic E-state index is 0.00779. The molecule has 5 heteroatoms. The Balaban J connectivity index is 1.80. The predicted octanol–water partition coefficient (Wildman–Crippen LogP) is 3.85. The highest BCUT2D eigenvalue weighted by molar-refractivity contribution is 6.30. The van der Waals surface area contributed by atoms with Crippen LogP contribution in [-0.2, 0) is 11.2 Å². The van der Waals surface area contributed by atoms with Crippen LogP contribution in [0.15, 0.2) is 60.7 Å². The van der Waals surface area contributed by atoms with Gasteiger partial charge < -0.3 is 0 Å². The van der Waals surface area contributed by atoms with Crippen LogP contribution in [-0.4, -0.2) is 16.1 Å². The van der Waals surface area contributed by atoms with Gasteiger partial charge in [-0.3, -0.25) is 15.0 Å². The Labute approximate surface area is 132 Å².